The van der Waals surface area contributed by atoms with E-state index in [-0.39, 0.29) is 17.8 Å². The third-order valence-electron chi connectivity index (χ3n) is 3.53. The van der Waals surface area contributed by atoms with Crippen molar-refractivity contribution >= 4 is 28.9 Å². The van der Waals surface area contributed by atoms with Crippen molar-refractivity contribution in [3.05, 3.63) is 61.0 Å². The van der Waals surface area contributed by atoms with Gasteiger partial charge >= 0.3 is 0 Å². The van der Waals surface area contributed by atoms with Gasteiger partial charge in [-0.25, -0.2) is 0 Å². The number of nitrogens with zero attached hydrogens (tertiary/aromatic N) is 2. The zero-order valence-electron chi connectivity index (χ0n) is 13.8. The molecule has 0 aliphatic rings. The van der Waals surface area contributed by atoms with E-state index in [1.807, 2.05) is 0 Å². The fraction of sp³-hybridized carbons (Fsp3) is 0.250. The Morgan fingerprint density at radius 1 is 1.32 bits per heavy atom. The van der Waals surface area contributed by atoms with Crippen LogP contribution < -0.4 is 15.6 Å². The monoisotopic (exact) mass is 365 g/mol. The number of halogens is 1. The molecule has 0 aliphatic carbocycles. The van der Waals surface area contributed by atoms with Crippen LogP contribution in [0.5, 0.6) is 5.75 Å². The molecule has 0 unspecified atom stereocenters. The van der Waals surface area contributed by atoms with E-state index in [1.54, 1.807) is 19.1 Å². The van der Waals surface area contributed by atoms with Gasteiger partial charge in [0.05, 0.1) is 23.9 Å². The summed E-state index contributed by atoms with van der Waals surface area (Å²) in [6.45, 7) is 2.85. The van der Waals surface area contributed by atoms with Gasteiger partial charge in [0.25, 0.3) is 11.2 Å². The van der Waals surface area contributed by atoms with Crippen LogP contribution in [0.3, 0.4) is 0 Å². The average molecular weight is 366 g/mol. The quantitative estimate of drug-likeness (QED) is 0.648. The Kier molecular flexibility index (Phi) is 5.43. The van der Waals surface area contributed by atoms with Crippen LogP contribution in [0, 0.1) is 24.0 Å². The third kappa shape index (κ3) is 4.16. The van der Waals surface area contributed by atoms with Gasteiger partial charge in [0.2, 0.25) is 5.91 Å². The molecule has 1 aromatic carbocycles. The van der Waals surface area contributed by atoms with Gasteiger partial charge in [0, 0.05) is 22.7 Å². The summed E-state index contributed by atoms with van der Waals surface area (Å²) in [6, 6.07) is 4.37. The number of benzene rings is 1. The Hall–Kier alpha value is -2.87. The van der Waals surface area contributed by atoms with E-state index in [1.165, 1.54) is 20.1 Å². The Labute approximate surface area is 148 Å². The minimum atomic E-state index is -0.619. The lowest BCUT2D eigenvalue weighted by atomic mass is 10.2. The molecule has 1 amide bonds. The second-order valence-electron chi connectivity index (χ2n) is 5.42. The van der Waals surface area contributed by atoms with Crippen LogP contribution in [0.2, 0.25) is 5.02 Å². The van der Waals surface area contributed by atoms with E-state index in [0.717, 1.165) is 16.3 Å². The highest BCUT2D eigenvalue weighted by molar-refractivity contribution is 6.31. The maximum atomic E-state index is 12.3. The Morgan fingerprint density at radius 2 is 2.00 bits per heavy atom. The Balaban J connectivity index is 2.28. The molecule has 8 nitrogen and oxygen atoms in total. The molecule has 0 atom stereocenters. The summed E-state index contributed by atoms with van der Waals surface area (Å²) in [5.41, 5.74) is 0.581. The van der Waals surface area contributed by atoms with Crippen LogP contribution in [0.15, 0.2) is 29.2 Å². The lowest BCUT2D eigenvalue weighted by Crippen LogP contribution is -2.28. The number of aromatic nitrogens is 1. The minimum absolute atomic E-state index is 0.182. The molecule has 0 bridgehead atoms. The number of carbonyl (C=O) groups is 1. The molecule has 0 radical (unpaired) electrons. The number of aryl methyl sites for hydroxylation is 2. The number of ether oxygens (including phenoxy) is 1. The molecule has 0 spiro atoms. The average Bonchev–Trinajstić information content (AvgIpc) is 2.54. The van der Waals surface area contributed by atoms with Crippen LogP contribution >= 0.6 is 11.6 Å². The first-order valence-corrected chi connectivity index (χ1v) is 7.60. The molecule has 1 N–H and O–H groups in total. The predicted molar refractivity (Wildman–Crippen MR) is 93.5 cm³/mol. The molecule has 0 saturated heterocycles. The van der Waals surface area contributed by atoms with Gasteiger partial charge in [-0.15, -0.1) is 0 Å². The number of amides is 1. The number of nitrogens with one attached hydrogen (secondary N) is 1. The van der Waals surface area contributed by atoms with Crippen LogP contribution in [-0.4, -0.2) is 22.5 Å². The number of rotatable bonds is 5. The first-order valence-electron chi connectivity index (χ1n) is 7.22. The van der Waals surface area contributed by atoms with Crippen molar-refractivity contribution in [1.82, 2.24) is 4.57 Å². The van der Waals surface area contributed by atoms with Gasteiger partial charge in [0.1, 0.15) is 12.3 Å². The molecule has 132 valence electrons. The highest BCUT2D eigenvalue weighted by Crippen LogP contribution is 2.30. The molecule has 1 aromatic heterocycles. The summed E-state index contributed by atoms with van der Waals surface area (Å²) in [4.78, 5) is 34.6. The predicted octanol–water partition coefficient (Wildman–Crippen LogP) is 2.67. The van der Waals surface area contributed by atoms with Gasteiger partial charge in [-0.2, -0.15) is 0 Å². The third-order valence-corrected chi connectivity index (χ3v) is 3.94. The number of anilines is 1. The van der Waals surface area contributed by atoms with Crippen molar-refractivity contribution in [3.8, 4) is 5.75 Å². The summed E-state index contributed by atoms with van der Waals surface area (Å²) < 4.78 is 6.17. The second kappa shape index (κ2) is 7.35. The second-order valence-corrected chi connectivity index (χ2v) is 5.83. The van der Waals surface area contributed by atoms with Crippen molar-refractivity contribution in [2.75, 3.05) is 12.4 Å². The van der Waals surface area contributed by atoms with E-state index in [4.69, 9.17) is 16.3 Å². The van der Waals surface area contributed by atoms with Crippen molar-refractivity contribution < 1.29 is 14.5 Å². The number of hydrogen-bond acceptors (Lipinski definition) is 5. The van der Waals surface area contributed by atoms with E-state index >= 15 is 0 Å². The maximum Gasteiger partial charge on any atom is 0.286 e. The van der Waals surface area contributed by atoms with Crippen LogP contribution in [0.4, 0.5) is 11.4 Å². The molecular formula is C16H16ClN3O5. The molecule has 25 heavy (non-hydrogen) atoms. The molecule has 0 aliphatic heterocycles. The first kappa shape index (κ1) is 18.5. The topological polar surface area (TPSA) is 103 Å². The highest BCUT2D eigenvalue weighted by Gasteiger charge is 2.15. The highest BCUT2D eigenvalue weighted by atomic mass is 35.5. The van der Waals surface area contributed by atoms with Crippen LogP contribution in [-0.2, 0) is 11.3 Å². The van der Waals surface area contributed by atoms with E-state index < -0.39 is 16.4 Å². The fourth-order valence-electron chi connectivity index (χ4n) is 2.26. The summed E-state index contributed by atoms with van der Waals surface area (Å²) in [6.07, 6.45) is 1.04. The zero-order valence-corrected chi connectivity index (χ0v) is 14.6. The van der Waals surface area contributed by atoms with Gasteiger partial charge in [-0.1, -0.05) is 11.6 Å². The Morgan fingerprint density at radius 3 is 2.60 bits per heavy atom. The summed E-state index contributed by atoms with van der Waals surface area (Å²) in [7, 11) is 1.44. The van der Waals surface area contributed by atoms with Crippen LogP contribution in [0.25, 0.3) is 0 Å². The van der Waals surface area contributed by atoms with Gasteiger partial charge in [0.15, 0.2) is 0 Å². The molecule has 1 heterocycles. The molecule has 9 heteroatoms. The fourth-order valence-corrected chi connectivity index (χ4v) is 2.41. The first-order chi connectivity index (χ1) is 11.7. The summed E-state index contributed by atoms with van der Waals surface area (Å²) in [5, 5.41) is 14.0. The Bertz CT molecular complexity index is 907. The molecule has 2 aromatic rings. The minimum Gasteiger partial charge on any atom is -0.495 e. The lowest BCUT2D eigenvalue weighted by Gasteiger charge is -2.13. The summed E-state index contributed by atoms with van der Waals surface area (Å²) in [5.74, 6) is -0.159. The molecule has 0 fully saturated rings. The molecule has 0 saturated carbocycles. The number of pyridine rings is 1. The van der Waals surface area contributed by atoms with Crippen LogP contribution in [0.1, 0.15) is 11.1 Å². The smallest absolute Gasteiger partial charge is 0.286 e. The molecule has 2 rings (SSSR count). The maximum absolute atomic E-state index is 12.3. The summed E-state index contributed by atoms with van der Waals surface area (Å²) >= 11 is 6.01. The van der Waals surface area contributed by atoms with Gasteiger partial charge in [-0.3, -0.25) is 24.3 Å². The SMILES string of the molecule is COc1cc(Cl)c(C)cc1NC(=O)Cn1cc([N+](=O)[O-])cc(C)c1=O. The van der Waals surface area contributed by atoms with E-state index in [2.05, 4.69) is 5.32 Å². The number of nitro groups is 1. The zero-order chi connectivity index (χ0) is 18.7. The number of carbonyl (C=O) groups excluding carboxylic acids is 1. The standard InChI is InChI=1S/C16H16ClN3O5/c1-9-5-13(14(25-3)6-12(9)17)18-15(21)8-19-7-11(20(23)24)4-10(2)16(19)22/h4-7H,8H2,1-3H3,(H,18,21). The van der Waals surface area contributed by atoms with Gasteiger partial charge in [-0.05, 0) is 25.5 Å². The lowest BCUT2D eigenvalue weighted by molar-refractivity contribution is -0.385. The molecular weight excluding hydrogens is 350 g/mol. The largest absolute Gasteiger partial charge is 0.495 e. The number of methoxy groups -OCH3 is 1. The van der Waals surface area contributed by atoms with Crippen molar-refractivity contribution in [3.63, 3.8) is 0 Å². The van der Waals surface area contributed by atoms with E-state index in [9.17, 15) is 19.7 Å². The van der Waals surface area contributed by atoms with Crippen molar-refractivity contribution in [1.29, 1.82) is 0 Å². The van der Waals surface area contributed by atoms with Crippen molar-refractivity contribution in [2.24, 2.45) is 0 Å². The normalized spacial score (nSPS) is 10.4. The van der Waals surface area contributed by atoms with Gasteiger partial charge < -0.3 is 10.1 Å². The van der Waals surface area contributed by atoms with Crippen molar-refractivity contribution in [2.45, 2.75) is 20.4 Å². The number of hydrogen-bond donors (Lipinski definition) is 1. The van der Waals surface area contributed by atoms with E-state index in [0.29, 0.717) is 16.5 Å².